The molecule has 3 heteroatoms. The summed E-state index contributed by atoms with van der Waals surface area (Å²) in [6.07, 6.45) is 0.956. The number of hydrogen-bond acceptors (Lipinski definition) is 2. The first-order chi connectivity index (χ1) is 4.33. The minimum Gasteiger partial charge on any atom is -0.522 e. The molecule has 0 aromatic heterocycles. The molecule has 1 heterocycles. The largest absolute Gasteiger partial charge is 1.00 e. The van der Waals surface area contributed by atoms with Crippen LogP contribution in [0.5, 0.6) is 0 Å². The fraction of sp³-hybridized carbons (Fsp3) is 0.875. The van der Waals surface area contributed by atoms with Crippen LogP contribution in [0.1, 0.15) is 34.6 Å². The van der Waals surface area contributed by atoms with E-state index in [9.17, 15) is 0 Å². The summed E-state index contributed by atoms with van der Waals surface area (Å²) < 4.78 is 11.0. The van der Waals surface area contributed by atoms with Crippen molar-refractivity contribution in [2.75, 3.05) is 0 Å². The van der Waals surface area contributed by atoms with Gasteiger partial charge in [0.05, 0.1) is 0 Å². The fourth-order valence-corrected chi connectivity index (χ4v) is 1.20. The first-order valence-electron chi connectivity index (χ1n) is 3.57. The Labute approximate surface area is 118 Å². The van der Waals surface area contributed by atoms with Crippen molar-refractivity contribution in [3.05, 3.63) is 6.10 Å². The van der Waals surface area contributed by atoms with Gasteiger partial charge in [-0.25, -0.2) is 0 Å². The van der Waals surface area contributed by atoms with E-state index in [2.05, 4.69) is 0 Å². The second-order valence-corrected chi connectivity index (χ2v) is 3.67. The molecule has 0 aromatic rings. The van der Waals surface area contributed by atoms with Crippen LogP contribution in [0.2, 0.25) is 0 Å². The van der Waals surface area contributed by atoms with Crippen molar-refractivity contribution in [2.24, 2.45) is 0 Å². The summed E-state index contributed by atoms with van der Waals surface area (Å²) in [4.78, 5) is 0. The second-order valence-electron chi connectivity index (χ2n) is 3.67. The number of ether oxygens (including phenoxy) is 2. The molecule has 1 rings (SSSR count). The Kier molecular flexibility index (Phi) is 4.45. The number of hydrogen-bond donors (Lipinski definition) is 0. The van der Waals surface area contributed by atoms with Gasteiger partial charge in [0, 0.05) is 0 Å². The second kappa shape index (κ2) is 3.85. The van der Waals surface area contributed by atoms with E-state index >= 15 is 0 Å². The Balaban J connectivity index is 0.000001000. The van der Waals surface area contributed by atoms with Crippen LogP contribution < -0.4 is 58.2 Å². The molecular weight excluding hydrogens is 214 g/mol. The van der Waals surface area contributed by atoms with Crippen LogP contribution in [-0.2, 0) is 9.47 Å². The molecule has 0 radical (unpaired) electrons. The van der Waals surface area contributed by atoms with Crippen molar-refractivity contribution < 1.29 is 67.7 Å². The molecule has 1 aliphatic rings. The van der Waals surface area contributed by atoms with Gasteiger partial charge in [-0.1, -0.05) is 13.8 Å². The molecule has 0 bridgehead atoms. The third kappa shape index (κ3) is 3.16. The zero-order valence-electron chi connectivity index (χ0n) is 8.32. The average Bonchev–Trinajstić information content (AvgIpc) is 1.73. The average molecular weight is 229 g/mol. The van der Waals surface area contributed by atoms with Crippen LogP contribution in [0.25, 0.3) is 0 Å². The van der Waals surface area contributed by atoms with Crippen molar-refractivity contribution in [1.82, 2.24) is 0 Å². The van der Waals surface area contributed by atoms with Gasteiger partial charge in [0.2, 0.25) is 0 Å². The molecule has 0 aliphatic carbocycles. The third-order valence-electron chi connectivity index (χ3n) is 1.75. The molecule has 0 saturated carbocycles. The zero-order chi connectivity index (χ0) is 7.99. The van der Waals surface area contributed by atoms with Crippen molar-refractivity contribution in [1.29, 1.82) is 0 Å². The molecule has 60 valence electrons. The van der Waals surface area contributed by atoms with Gasteiger partial charge in [0.15, 0.2) is 0 Å². The predicted octanol–water partition coefficient (Wildman–Crippen LogP) is -0.896. The molecule has 1 saturated heterocycles. The monoisotopic (exact) mass is 228 g/mol. The van der Waals surface area contributed by atoms with Gasteiger partial charge in [-0.05, 0) is 19.4 Å². The first kappa shape index (κ1) is 12.7. The van der Waals surface area contributed by atoms with Crippen molar-refractivity contribution in [3.8, 4) is 0 Å². The van der Waals surface area contributed by atoms with Gasteiger partial charge in [0.1, 0.15) is 5.79 Å². The van der Waals surface area contributed by atoms with Crippen molar-refractivity contribution in [3.63, 3.8) is 0 Å². The Morgan fingerprint density at radius 1 is 1.09 bits per heavy atom. The standard InChI is InChI=1S/C8H15O2.Rb/c1-6-7(2,3)10-8(4,5)9-6;/h1-5H3;/q-1;+1. The number of rotatable bonds is 0. The van der Waals surface area contributed by atoms with E-state index in [-0.39, 0.29) is 63.8 Å². The van der Waals surface area contributed by atoms with Gasteiger partial charge < -0.3 is 9.47 Å². The first-order valence-corrected chi connectivity index (χ1v) is 3.57. The quantitative estimate of drug-likeness (QED) is 0.501. The molecule has 0 unspecified atom stereocenters. The van der Waals surface area contributed by atoms with Crippen LogP contribution in [-0.4, -0.2) is 11.4 Å². The van der Waals surface area contributed by atoms with Gasteiger partial charge >= 0.3 is 58.2 Å². The minimum absolute atomic E-state index is 0. The topological polar surface area (TPSA) is 18.5 Å². The van der Waals surface area contributed by atoms with E-state index in [1.807, 2.05) is 34.6 Å². The van der Waals surface area contributed by atoms with Gasteiger partial charge in [-0.3, -0.25) is 0 Å². The Hall–Kier alpha value is 1.73. The SMILES string of the molecule is C[C-]1OC(C)(C)OC1(C)C.[Rb+]. The molecule has 0 atom stereocenters. The zero-order valence-corrected chi connectivity index (χ0v) is 13.2. The van der Waals surface area contributed by atoms with Crippen LogP contribution >= 0.6 is 0 Å². The molecule has 0 aromatic carbocycles. The summed E-state index contributed by atoms with van der Waals surface area (Å²) >= 11 is 0. The van der Waals surface area contributed by atoms with E-state index in [1.165, 1.54) is 0 Å². The molecule has 1 fully saturated rings. The molecule has 2 nitrogen and oxygen atoms in total. The maximum atomic E-state index is 5.59. The van der Waals surface area contributed by atoms with Gasteiger partial charge in [0.25, 0.3) is 0 Å². The summed E-state index contributed by atoms with van der Waals surface area (Å²) in [7, 11) is 0. The summed E-state index contributed by atoms with van der Waals surface area (Å²) in [6, 6.07) is 0. The molecule has 0 spiro atoms. The van der Waals surface area contributed by atoms with E-state index in [0.29, 0.717) is 0 Å². The molecule has 0 amide bonds. The summed E-state index contributed by atoms with van der Waals surface area (Å²) in [6.45, 7) is 9.82. The summed E-state index contributed by atoms with van der Waals surface area (Å²) in [5.74, 6) is -0.437. The Bertz CT molecular complexity index is 143. The van der Waals surface area contributed by atoms with Crippen LogP contribution in [0.15, 0.2) is 0 Å². The van der Waals surface area contributed by atoms with E-state index in [1.54, 1.807) is 0 Å². The van der Waals surface area contributed by atoms with E-state index < -0.39 is 5.79 Å². The maximum absolute atomic E-state index is 5.59. The summed E-state index contributed by atoms with van der Waals surface area (Å²) in [5, 5.41) is 0. The minimum atomic E-state index is -0.437. The van der Waals surface area contributed by atoms with Gasteiger partial charge in [-0.15, -0.1) is 0 Å². The van der Waals surface area contributed by atoms with Gasteiger partial charge in [-0.2, -0.15) is 13.0 Å². The fourth-order valence-electron chi connectivity index (χ4n) is 1.20. The summed E-state index contributed by atoms with van der Waals surface area (Å²) in [5.41, 5.74) is -0.219. The molecular formula is C8H15O2Rb. The molecule has 0 N–H and O–H groups in total. The molecule has 1 aliphatic heterocycles. The van der Waals surface area contributed by atoms with Crippen molar-refractivity contribution in [2.45, 2.75) is 46.0 Å². The van der Waals surface area contributed by atoms with Crippen molar-refractivity contribution >= 4 is 0 Å². The normalized spacial score (nSPS) is 28.1. The van der Waals surface area contributed by atoms with Crippen LogP contribution in [0.3, 0.4) is 0 Å². The Morgan fingerprint density at radius 2 is 1.55 bits per heavy atom. The smallest absolute Gasteiger partial charge is 0.522 e. The maximum Gasteiger partial charge on any atom is 1.00 e. The predicted molar refractivity (Wildman–Crippen MR) is 39.2 cm³/mol. The van der Waals surface area contributed by atoms with E-state index in [0.717, 1.165) is 6.10 Å². The van der Waals surface area contributed by atoms with Crippen LogP contribution in [0.4, 0.5) is 0 Å². The molecule has 11 heavy (non-hydrogen) atoms. The van der Waals surface area contributed by atoms with Crippen LogP contribution in [0, 0.1) is 6.10 Å². The van der Waals surface area contributed by atoms with E-state index in [4.69, 9.17) is 9.47 Å². The Morgan fingerprint density at radius 3 is 1.64 bits per heavy atom. The third-order valence-corrected chi connectivity index (χ3v) is 1.75.